The number of anilines is 1. The Balaban J connectivity index is 1.95. The summed E-state index contributed by atoms with van der Waals surface area (Å²) < 4.78 is 0. The lowest BCUT2D eigenvalue weighted by molar-refractivity contribution is 0.0820. The molecule has 2 fully saturated rings. The lowest BCUT2D eigenvalue weighted by atomic mass is 9.84. The van der Waals surface area contributed by atoms with Gasteiger partial charge in [0.25, 0.3) is 0 Å². The third kappa shape index (κ3) is 3.11. The number of carbonyl (C=O) groups is 1. The van der Waals surface area contributed by atoms with Gasteiger partial charge in [0.15, 0.2) is 10.8 Å². The standard InChI is InChI=1S/C17H22ClN5O2/c1-17(2,3)13-7-12-11(23(13)16(24)25)5-4-6-22(12)14-9-20-10(8-19)15(18)21-14/h9,11-13H,4-7H2,1-3H3,(H,24,25). The van der Waals surface area contributed by atoms with Crippen LogP contribution in [0.25, 0.3) is 0 Å². The van der Waals surface area contributed by atoms with Gasteiger partial charge in [-0.2, -0.15) is 5.26 Å². The van der Waals surface area contributed by atoms with Crippen molar-refractivity contribution < 1.29 is 9.90 Å². The fourth-order valence-corrected chi connectivity index (χ4v) is 4.30. The van der Waals surface area contributed by atoms with Crippen molar-refractivity contribution in [3.63, 3.8) is 0 Å². The van der Waals surface area contributed by atoms with Crippen molar-refractivity contribution in [2.75, 3.05) is 11.4 Å². The number of nitriles is 1. The second-order valence-electron chi connectivity index (χ2n) is 7.76. The second-order valence-corrected chi connectivity index (χ2v) is 8.12. The van der Waals surface area contributed by atoms with Crippen LogP contribution in [0.4, 0.5) is 10.6 Å². The molecule has 2 aliphatic heterocycles. The smallest absolute Gasteiger partial charge is 0.407 e. The summed E-state index contributed by atoms with van der Waals surface area (Å²) in [6, 6.07) is 1.84. The summed E-state index contributed by atoms with van der Waals surface area (Å²) >= 11 is 6.04. The maximum Gasteiger partial charge on any atom is 0.407 e. The van der Waals surface area contributed by atoms with E-state index in [-0.39, 0.29) is 34.4 Å². The number of nitrogens with zero attached hydrogens (tertiary/aromatic N) is 5. The fraction of sp³-hybridized carbons (Fsp3) is 0.647. The summed E-state index contributed by atoms with van der Waals surface area (Å²) in [5.74, 6) is 0.610. The van der Waals surface area contributed by atoms with E-state index in [2.05, 4.69) is 35.6 Å². The van der Waals surface area contributed by atoms with Gasteiger partial charge in [0.05, 0.1) is 18.3 Å². The number of rotatable bonds is 1. The van der Waals surface area contributed by atoms with Gasteiger partial charge in [-0.25, -0.2) is 14.8 Å². The van der Waals surface area contributed by atoms with Crippen LogP contribution in [-0.2, 0) is 0 Å². The third-order valence-corrected chi connectivity index (χ3v) is 5.50. The van der Waals surface area contributed by atoms with Gasteiger partial charge >= 0.3 is 6.09 Å². The van der Waals surface area contributed by atoms with Gasteiger partial charge in [0.1, 0.15) is 11.9 Å². The van der Waals surface area contributed by atoms with Gasteiger partial charge in [-0.15, -0.1) is 0 Å². The molecule has 2 saturated heterocycles. The Bertz CT molecular complexity index is 727. The van der Waals surface area contributed by atoms with Crippen LogP contribution < -0.4 is 4.90 Å². The van der Waals surface area contributed by atoms with Crippen LogP contribution in [0.1, 0.15) is 45.7 Å². The Kier molecular flexibility index (Phi) is 4.50. The zero-order chi connectivity index (χ0) is 18.4. The Morgan fingerprint density at radius 2 is 2.16 bits per heavy atom. The Morgan fingerprint density at radius 3 is 2.72 bits per heavy atom. The summed E-state index contributed by atoms with van der Waals surface area (Å²) in [4.78, 5) is 24.1. The highest BCUT2D eigenvalue weighted by atomic mass is 35.5. The maximum atomic E-state index is 11.9. The lowest BCUT2D eigenvalue weighted by Crippen LogP contribution is -2.52. The van der Waals surface area contributed by atoms with E-state index in [4.69, 9.17) is 16.9 Å². The van der Waals surface area contributed by atoms with Crippen LogP contribution in [0.5, 0.6) is 0 Å². The average Bonchev–Trinajstić information content (AvgIpc) is 2.94. The van der Waals surface area contributed by atoms with Crippen molar-refractivity contribution in [1.82, 2.24) is 14.9 Å². The molecule has 3 atom stereocenters. The van der Waals surface area contributed by atoms with Crippen LogP contribution in [0.15, 0.2) is 6.20 Å². The number of amides is 1. The van der Waals surface area contributed by atoms with Gasteiger partial charge in [-0.3, -0.25) is 4.90 Å². The van der Waals surface area contributed by atoms with E-state index in [1.165, 1.54) is 0 Å². The van der Waals surface area contributed by atoms with Gasteiger partial charge < -0.3 is 10.0 Å². The van der Waals surface area contributed by atoms with Crippen molar-refractivity contribution in [3.8, 4) is 6.07 Å². The zero-order valence-electron chi connectivity index (χ0n) is 14.6. The topological polar surface area (TPSA) is 93.4 Å². The van der Waals surface area contributed by atoms with Crippen LogP contribution in [-0.4, -0.2) is 50.7 Å². The first-order chi connectivity index (χ1) is 11.7. The molecule has 2 aliphatic rings. The van der Waals surface area contributed by atoms with E-state index in [1.54, 1.807) is 11.1 Å². The molecule has 134 valence electrons. The molecule has 0 bridgehead atoms. The highest BCUT2D eigenvalue weighted by Crippen LogP contribution is 2.42. The summed E-state index contributed by atoms with van der Waals surface area (Å²) in [6.07, 6.45) is 3.17. The molecule has 0 radical (unpaired) electrons. The monoisotopic (exact) mass is 363 g/mol. The van der Waals surface area contributed by atoms with Crippen molar-refractivity contribution in [1.29, 1.82) is 5.26 Å². The first-order valence-electron chi connectivity index (χ1n) is 8.44. The SMILES string of the molecule is CC(C)(C)C1CC2C(CCCN2c2cnc(C#N)c(Cl)n2)N1C(=O)O. The van der Waals surface area contributed by atoms with E-state index in [1.807, 2.05) is 6.07 Å². The summed E-state index contributed by atoms with van der Waals surface area (Å²) in [7, 11) is 0. The molecule has 7 nitrogen and oxygen atoms in total. The van der Waals surface area contributed by atoms with Gasteiger partial charge in [0.2, 0.25) is 0 Å². The van der Waals surface area contributed by atoms with Gasteiger partial charge in [0, 0.05) is 12.6 Å². The van der Waals surface area contributed by atoms with Crippen molar-refractivity contribution >= 4 is 23.5 Å². The maximum absolute atomic E-state index is 11.9. The largest absolute Gasteiger partial charge is 0.465 e. The predicted molar refractivity (Wildman–Crippen MR) is 93.6 cm³/mol. The number of halogens is 1. The molecule has 0 aromatic carbocycles. The lowest BCUT2D eigenvalue weighted by Gasteiger charge is -2.40. The molecule has 1 aromatic rings. The molecule has 0 spiro atoms. The van der Waals surface area contributed by atoms with Crippen LogP contribution in [0.2, 0.25) is 5.15 Å². The minimum absolute atomic E-state index is 0.0485. The fourth-order valence-electron chi connectivity index (χ4n) is 4.12. The molecule has 1 N–H and O–H groups in total. The molecule has 25 heavy (non-hydrogen) atoms. The molecular formula is C17H22ClN5O2. The number of hydrogen-bond donors (Lipinski definition) is 1. The number of aromatic nitrogens is 2. The van der Waals surface area contributed by atoms with E-state index in [0.29, 0.717) is 5.82 Å². The van der Waals surface area contributed by atoms with E-state index in [0.717, 1.165) is 25.8 Å². The number of fused-ring (bicyclic) bond motifs is 1. The first-order valence-corrected chi connectivity index (χ1v) is 8.82. The second kappa shape index (κ2) is 6.34. The molecule has 1 aromatic heterocycles. The number of piperidine rings is 1. The summed E-state index contributed by atoms with van der Waals surface area (Å²) in [5.41, 5.74) is -0.0415. The van der Waals surface area contributed by atoms with Crippen LogP contribution >= 0.6 is 11.6 Å². The molecule has 3 heterocycles. The van der Waals surface area contributed by atoms with Crippen molar-refractivity contribution in [3.05, 3.63) is 17.0 Å². The first kappa shape index (κ1) is 17.7. The normalized spacial score (nSPS) is 26.3. The molecule has 3 unspecified atom stereocenters. The van der Waals surface area contributed by atoms with E-state index >= 15 is 0 Å². The Hall–Kier alpha value is -2.07. The van der Waals surface area contributed by atoms with Crippen LogP contribution in [0.3, 0.4) is 0 Å². The highest BCUT2D eigenvalue weighted by Gasteiger charge is 2.51. The third-order valence-electron chi connectivity index (χ3n) is 5.24. The minimum Gasteiger partial charge on any atom is -0.465 e. The predicted octanol–water partition coefficient (Wildman–Crippen LogP) is 3.14. The van der Waals surface area contributed by atoms with Gasteiger partial charge in [-0.1, -0.05) is 32.4 Å². The molecular weight excluding hydrogens is 342 g/mol. The van der Waals surface area contributed by atoms with Gasteiger partial charge in [-0.05, 0) is 24.7 Å². The minimum atomic E-state index is -0.863. The van der Waals surface area contributed by atoms with E-state index < -0.39 is 6.09 Å². The Labute approximate surface area is 152 Å². The average molecular weight is 364 g/mol. The molecule has 1 amide bonds. The Morgan fingerprint density at radius 1 is 1.44 bits per heavy atom. The number of hydrogen-bond acceptors (Lipinski definition) is 5. The quantitative estimate of drug-likeness (QED) is 0.823. The summed E-state index contributed by atoms with van der Waals surface area (Å²) in [6.45, 7) is 7.01. The number of likely N-dealkylation sites (tertiary alicyclic amines) is 1. The zero-order valence-corrected chi connectivity index (χ0v) is 15.4. The highest BCUT2D eigenvalue weighted by molar-refractivity contribution is 6.30. The molecule has 8 heteroatoms. The van der Waals surface area contributed by atoms with Crippen molar-refractivity contribution in [2.45, 2.75) is 58.2 Å². The van der Waals surface area contributed by atoms with E-state index in [9.17, 15) is 9.90 Å². The number of carboxylic acid groups (broad SMARTS) is 1. The molecule has 0 saturated carbocycles. The molecule has 3 rings (SSSR count). The molecule has 0 aliphatic carbocycles. The van der Waals surface area contributed by atoms with Crippen molar-refractivity contribution in [2.24, 2.45) is 5.41 Å². The van der Waals surface area contributed by atoms with Crippen LogP contribution in [0, 0.1) is 16.7 Å². The summed E-state index contributed by atoms with van der Waals surface area (Å²) in [5, 5.41) is 18.8.